The molecular formula is C19H18ClN3O2. The van der Waals surface area contributed by atoms with E-state index in [1.807, 2.05) is 42.5 Å². The quantitative estimate of drug-likeness (QED) is 0.706. The summed E-state index contributed by atoms with van der Waals surface area (Å²) in [6.07, 6.45) is 1.61. The Kier molecular flexibility index (Phi) is 5.14. The van der Waals surface area contributed by atoms with Crippen molar-refractivity contribution in [2.75, 3.05) is 7.05 Å². The molecule has 0 aliphatic heterocycles. The summed E-state index contributed by atoms with van der Waals surface area (Å²) in [4.78, 5) is 25.9. The Morgan fingerprint density at radius 2 is 1.88 bits per heavy atom. The highest BCUT2D eigenvalue weighted by molar-refractivity contribution is 6.30. The molecule has 3 rings (SSSR count). The molecule has 25 heavy (non-hydrogen) atoms. The summed E-state index contributed by atoms with van der Waals surface area (Å²) in [5, 5.41) is 5.44. The maximum absolute atomic E-state index is 12.4. The molecule has 2 aromatic carbocycles. The number of hydrogen-bond donors (Lipinski definition) is 0. The van der Waals surface area contributed by atoms with Crippen LogP contribution < -0.4 is 5.43 Å². The van der Waals surface area contributed by atoms with E-state index in [1.54, 1.807) is 22.7 Å². The van der Waals surface area contributed by atoms with E-state index in [0.717, 1.165) is 11.1 Å². The van der Waals surface area contributed by atoms with Crippen molar-refractivity contribution in [3.8, 4) is 0 Å². The minimum absolute atomic E-state index is 0.0135. The van der Waals surface area contributed by atoms with Gasteiger partial charge in [0, 0.05) is 30.4 Å². The fourth-order valence-corrected chi connectivity index (χ4v) is 2.81. The number of para-hydroxylation sites is 1. The first-order chi connectivity index (χ1) is 12.0. The number of amides is 1. The zero-order valence-electron chi connectivity index (χ0n) is 13.9. The van der Waals surface area contributed by atoms with Crippen LogP contribution in [0.2, 0.25) is 5.02 Å². The summed E-state index contributed by atoms with van der Waals surface area (Å²) in [7, 11) is 1.77. The third-order valence-electron chi connectivity index (χ3n) is 4.06. The molecule has 6 heteroatoms. The Morgan fingerprint density at radius 1 is 1.16 bits per heavy atom. The lowest BCUT2D eigenvalue weighted by molar-refractivity contribution is -0.130. The molecule has 128 valence electrons. The number of carbonyl (C=O) groups excluding carboxylic acids is 1. The molecule has 0 spiro atoms. The molecule has 5 nitrogen and oxygen atoms in total. The summed E-state index contributed by atoms with van der Waals surface area (Å²) in [5.74, 6) is 0.0135. The van der Waals surface area contributed by atoms with Crippen LogP contribution in [0.5, 0.6) is 0 Å². The van der Waals surface area contributed by atoms with Gasteiger partial charge in [0.2, 0.25) is 11.3 Å². The molecule has 0 fully saturated rings. The Labute approximate surface area is 150 Å². The first-order valence-electron chi connectivity index (χ1n) is 7.98. The standard InChI is InChI=1S/C19H18ClN3O2/c1-22(13-14-6-8-15(20)9-7-14)19(25)10-11-23-17-5-3-2-4-16(17)18(24)12-21-23/h2-9,12H,10-11,13H2,1H3. The highest BCUT2D eigenvalue weighted by Crippen LogP contribution is 2.12. The molecule has 0 unspecified atom stereocenters. The minimum atomic E-state index is -0.113. The lowest BCUT2D eigenvalue weighted by Crippen LogP contribution is -2.27. The van der Waals surface area contributed by atoms with E-state index in [1.165, 1.54) is 6.20 Å². The van der Waals surface area contributed by atoms with E-state index >= 15 is 0 Å². The fourth-order valence-electron chi connectivity index (χ4n) is 2.68. The number of fused-ring (bicyclic) bond motifs is 1. The first kappa shape index (κ1) is 17.2. The average Bonchev–Trinajstić information content (AvgIpc) is 2.63. The third-order valence-corrected chi connectivity index (χ3v) is 4.31. The van der Waals surface area contributed by atoms with E-state index in [9.17, 15) is 9.59 Å². The second-order valence-corrected chi connectivity index (χ2v) is 6.31. The zero-order valence-corrected chi connectivity index (χ0v) is 14.6. The van der Waals surface area contributed by atoms with Crippen LogP contribution in [0.15, 0.2) is 59.5 Å². The zero-order chi connectivity index (χ0) is 17.8. The van der Waals surface area contributed by atoms with E-state index in [0.29, 0.717) is 29.9 Å². The molecule has 1 heterocycles. The third kappa shape index (κ3) is 4.06. The molecule has 1 amide bonds. The Hall–Kier alpha value is -2.66. The Balaban J connectivity index is 1.67. The summed E-state index contributed by atoms with van der Waals surface area (Å²) >= 11 is 5.87. The van der Waals surface area contributed by atoms with E-state index in [-0.39, 0.29) is 11.3 Å². The first-order valence-corrected chi connectivity index (χ1v) is 8.35. The van der Waals surface area contributed by atoms with Crippen molar-refractivity contribution in [2.24, 2.45) is 0 Å². The van der Waals surface area contributed by atoms with E-state index in [4.69, 9.17) is 11.6 Å². The molecule has 0 saturated carbocycles. The molecule has 0 saturated heterocycles. The lowest BCUT2D eigenvalue weighted by Gasteiger charge is -2.18. The number of aromatic nitrogens is 2. The number of benzene rings is 2. The van der Waals surface area contributed by atoms with Gasteiger partial charge in [0.15, 0.2) is 0 Å². The minimum Gasteiger partial charge on any atom is -0.341 e. The number of rotatable bonds is 5. The average molecular weight is 356 g/mol. The highest BCUT2D eigenvalue weighted by Gasteiger charge is 2.11. The van der Waals surface area contributed by atoms with Crippen molar-refractivity contribution < 1.29 is 4.79 Å². The van der Waals surface area contributed by atoms with Gasteiger partial charge in [-0.25, -0.2) is 0 Å². The number of aryl methyl sites for hydroxylation is 1. The van der Waals surface area contributed by atoms with Gasteiger partial charge >= 0.3 is 0 Å². The van der Waals surface area contributed by atoms with Gasteiger partial charge in [0.05, 0.1) is 18.3 Å². The molecule has 0 atom stereocenters. The van der Waals surface area contributed by atoms with Crippen molar-refractivity contribution in [2.45, 2.75) is 19.5 Å². The monoisotopic (exact) mass is 355 g/mol. The molecule has 0 aliphatic rings. The predicted octanol–water partition coefficient (Wildman–Crippen LogP) is 3.10. The van der Waals surface area contributed by atoms with Crippen molar-refractivity contribution in [1.82, 2.24) is 14.7 Å². The van der Waals surface area contributed by atoms with Crippen LogP contribution in [0, 0.1) is 0 Å². The summed E-state index contributed by atoms with van der Waals surface area (Å²) in [6, 6.07) is 14.7. The number of carbonyl (C=O) groups is 1. The van der Waals surface area contributed by atoms with Gasteiger partial charge < -0.3 is 4.90 Å². The van der Waals surface area contributed by atoms with Gasteiger partial charge in [-0.2, -0.15) is 5.10 Å². The Bertz CT molecular complexity index is 951. The Morgan fingerprint density at radius 3 is 2.64 bits per heavy atom. The summed E-state index contributed by atoms with van der Waals surface area (Å²) < 4.78 is 1.70. The van der Waals surface area contributed by atoms with Crippen molar-refractivity contribution in [1.29, 1.82) is 0 Å². The predicted molar refractivity (Wildman–Crippen MR) is 98.5 cm³/mol. The lowest BCUT2D eigenvalue weighted by atomic mass is 10.2. The molecule has 0 N–H and O–H groups in total. The fraction of sp³-hybridized carbons (Fsp3) is 0.211. The molecule has 0 aliphatic carbocycles. The molecule has 3 aromatic rings. The van der Waals surface area contributed by atoms with Gasteiger partial charge in [-0.1, -0.05) is 35.9 Å². The largest absolute Gasteiger partial charge is 0.341 e. The second-order valence-electron chi connectivity index (χ2n) is 5.88. The highest BCUT2D eigenvalue weighted by atomic mass is 35.5. The normalized spacial score (nSPS) is 10.8. The van der Waals surface area contributed by atoms with E-state index < -0.39 is 0 Å². The van der Waals surface area contributed by atoms with Crippen LogP contribution in [-0.4, -0.2) is 27.6 Å². The van der Waals surface area contributed by atoms with Crippen LogP contribution >= 0.6 is 11.6 Å². The van der Waals surface area contributed by atoms with Crippen LogP contribution in [0.25, 0.3) is 10.9 Å². The SMILES string of the molecule is CN(Cc1ccc(Cl)cc1)C(=O)CCn1ncc(=O)c2ccccc21. The van der Waals surface area contributed by atoms with Crippen LogP contribution in [-0.2, 0) is 17.9 Å². The summed E-state index contributed by atoms with van der Waals surface area (Å²) in [6.45, 7) is 0.943. The maximum Gasteiger partial charge on any atom is 0.224 e. The van der Waals surface area contributed by atoms with Crippen LogP contribution in [0.4, 0.5) is 0 Å². The molecular weight excluding hydrogens is 338 g/mol. The van der Waals surface area contributed by atoms with Crippen LogP contribution in [0.3, 0.4) is 0 Å². The van der Waals surface area contributed by atoms with Gasteiger partial charge in [0.1, 0.15) is 0 Å². The van der Waals surface area contributed by atoms with Gasteiger partial charge in [-0.3, -0.25) is 14.3 Å². The molecule has 0 bridgehead atoms. The van der Waals surface area contributed by atoms with Crippen molar-refractivity contribution in [3.05, 3.63) is 75.5 Å². The molecule has 1 aromatic heterocycles. The smallest absolute Gasteiger partial charge is 0.224 e. The van der Waals surface area contributed by atoms with Gasteiger partial charge in [-0.15, -0.1) is 0 Å². The second kappa shape index (κ2) is 7.49. The number of nitrogens with zero attached hydrogens (tertiary/aromatic N) is 3. The van der Waals surface area contributed by atoms with Crippen molar-refractivity contribution in [3.63, 3.8) is 0 Å². The number of hydrogen-bond acceptors (Lipinski definition) is 3. The van der Waals surface area contributed by atoms with Crippen molar-refractivity contribution >= 4 is 28.4 Å². The topological polar surface area (TPSA) is 55.2 Å². The van der Waals surface area contributed by atoms with Gasteiger partial charge in [0.25, 0.3) is 0 Å². The summed E-state index contributed by atoms with van der Waals surface area (Å²) in [5.41, 5.74) is 1.65. The van der Waals surface area contributed by atoms with E-state index in [2.05, 4.69) is 5.10 Å². The number of halogens is 1. The molecule has 0 radical (unpaired) electrons. The van der Waals surface area contributed by atoms with Crippen LogP contribution in [0.1, 0.15) is 12.0 Å². The maximum atomic E-state index is 12.4. The van der Waals surface area contributed by atoms with Gasteiger partial charge in [-0.05, 0) is 29.8 Å².